The van der Waals surface area contributed by atoms with E-state index in [1.54, 1.807) is 0 Å². The lowest BCUT2D eigenvalue weighted by molar-refractivity contribution is -0.118. The molecule has 2 amide bonds. The van der Waals surface area contributed by atoms with E-state index in [0.717, 1.165) is 5.56 Å². The van der Waals surface area contributed by atoms with Gasteiger partial charge in [-0.05, 0) is 60.5 Å². The molecular formula is C26H26FN3O5S. The largest absolute Gasteiger partial charge is 0.380 e. The number of rotatable bonds is 9. The number of hydrogen-bond donors (Lipinski definition) is 3. The van der Waals surface area contributed by atoms with Crippen LogP contribution < -0.4 is 15.4 Å². The van der Waals surface area contributed by atoms with E-state index in [4.69, 9.17) is 4.74 Å². The van der Waals surface area contributed by atoms with E-state index >= 15 is 0 Å². The van der Waals surface area contributed by atoms with Crippen LogP contribution in [0.25, 0.3) is 0 Å². The second kappa shape index (κ2) is 11.4. The Bertz CT molecular complexity index is 1290. The van der Waals surface area contributed by atoms with Crippen molar-refractivity contribution >= 4 is 27.5 Å². The normalized spacial score (nSPS) is 16.3. The number of nitrogens with one attached hydrogen (secondary N) is 3. The predicted octanol–water partition coefficient (Wildman–Crippen LogP) is 2.87. The third kappa shape index (κ3) is 6.75. The average molecular weight is 512 g/mol. The first-order valence-electron chi connectivity index (χ1n) is 11.4. The van der Waals surface area contributed by atoms with Crippen molar-refractivity contribution in [3.05, 3.63) is 95.8 Å². The Morgan fingerprint density at radius 2 is 1.67 bits per heavy atom. The first-order valence-corrected chi connectivity index (χ1v) is 12.9. The summed E-state index contributed by atoms with van der Waals surface area (Å²) in [6, 6.07) is 18.8. The van der Waals surface area contributed by atoms with Crippen molar-refractivity contribution in [2.24, 2.45) is 0 Å². The summed E-state index contributed by atoms with van der Waals surface area (Å²) in [5, 5.41) is 5.44. The Kier molecular flexibility index (Phi) is 8.09. The number of halogens is 1. The fourth-order valence-corrected chi connectivity index (χ4v) is 5.02. The first-order chi connectivity index (χ1) is 17.3. The predicted molar refractivity (Wildman–Crippen MR) is 132 cm³/mol. The molecule has 0 unspecified atom stereocenters. The van der Waals surface area contributed by atoms with Crippen LogP contribution in [0.1, 0.15) is 22.3 Å². The molecule has 1 aliphatic heterocycles. The minimum Gasteiger partial charge on any atom is -0.380 e. The average Bonchev–Trinajstić information content (AvgIpc) is 3.37. The number of ether oxygens (including phenoxy) is 1. The molecule has 1 fully saturated rings. The molecule has 1 saturated heterocycles. The van der Waals surface area contributed by atoms with Crippen LogP contribution in [0.2, 0.25) is 0 Å². The zero-order valence-corrected chi connectivity index (χ0v) is 20.1. The summed E-state index contributed by atoms with van der Waals surface area (Å²) in [7, 11) is -3.72. The molecule has 0 radical (unpaired) electrons. The molecule has 188 valence electrons. The van der Waals surface area contributed by atoms with Gasteiger partial charge in [0.25, 0.3) is 5.91 Å². The fourth-order valence-electron chi connectivity index (χ4n) is 3.76. The molecule has 3 N–H and O–H groups in total. The molecule has 3 aromatic carbocycles. The highest BCUT2D eigenvalue weighted by molar-refractivity contribution is 7.89. The topological polar surface area (TPSA) is 114 Å². The maximum absolute atomic E-state index is 13.2. The van der Waals surface area contributed by atoms with Gasteiger partial charge in [0, 0.05) is 30.3 Å². The van der Waals surface area contributed by atoms with Crippen LogP contribution in [0.4, 0.5) is 10.1 Å². The van der Waals surface area contributed by atoms with Crippen LogP contribution in [0, 0.1) is 5.82 Å². The summed E-state index contributed by atoms with van der Waals surface area (Å²) in [4.78, 5) is 25.9. The Hall–Kier alpha value is -3.60. The Morgan fingerprint density at radius 3 is 2.31 bits per heavy atom. The number of sulfonamides is 1. The fraction of sp³-hybridized carbons (Fsp3) is 0.231. The van der Waals surface area contributed by atoms with Crippen molar-refractivity contribution in [3.8, 4) is 0 Å². The van der Waals surface area contributed by atoms with E-state index in [1.165, 1.54) is 48.5 Å². The minimum atomic E-state index is -3.72. The van der Waals surface area contributed by atoms with Crippen LogP contribution in [-0.4, -0.2) is 45.5 Å². The molecule has 10 heteroatoms. The van der Waals surface area contributed by atoms with Gasteiger partial charge in [0.05, 0.1) is 11.5 Å². The molecule has 0 saturated carbocycles. The lowest BCUT2D eigenvalue weighted by atomic mass is 10.0. The molecule has 1 heterocycles. The van der Waals surface area contributed by atoms with Gasteiger partial charge in [-0.25, -0.2) is 17.5 Å². The van der Waals surface area contributed by atoms with Gasteiger partial charge in [0.2, 0.25) is 15.9 Å². The summed E-state index contributed by atoms with van der Waals surface area (Å²) in [5.74, 6) is -1.47. The van der Waals surface area contributed by atoms with Crippen LogP contribution in [0.15, 0.2) is 83.8 Å². The van der Waals surface area contributed by atoms with E-state index < -0.39 is 33.7 Å². The molecule has 1 aliphatic rings. The molecule has 4 rings (SSSR count). The van der Waals surface area contributed by atoms with Crippen molar-refractivity contribution in [2.75, 3.05) is 18.5 Å². The molecule has 0 bridgehead atoms. The first kappa shape index (κ1) is 25.5. The molecular weight excluding hydrogens is 485 g/mol. The smallest absolute Gasteiger partial charge is 0.251 e. The van der Waals surface area contributed by atoms with E-state index in [2.05, 4.69) is 15.4 Å². The van der Waals surface area contributed by atoms with Gasteiger partial charge in [-0.3, -0.25) is 9.59 Å². The maximum Gasteiger partial charge on any atom is 0.251 e. The molecule has 0 aliphatic carbocycles. The van der Waals surface area contributed by atoms with Crippen molar-refractivity contribution in [1.29, 1.82) is 0 Å². The number of anilines is 1. The molecule has 0 spiro atoms. The zero-order valence-electron chi connectivity index (χ0n) is 19.3. The van der Waals surface area contributed by atoms with Gasteiger partial charge in [0.1, 0.15) is 11.9 Å². The van der Waals surface area contributed by atoms with Gasteiger partial charge in [-0.2, -0.15) is 0 Å². The third-order valence-electron chi connectivity index (χ3n) is 5.69. The van der Waals surface area contributed by atoms with Crippen molar-refractivity contribution in [1.82, 2.24) is 10.0 Å². The second-order valence-electron chi connectivity index (χ2n) is 8.42. The van der Waals surface area contributed by atoms with Crippen molar-refractivity contribution in [3.63, 3.8) is 0 Å². The number of hydrogen-bond acceptors (Lipinski definition) is 5. The standard InChI is InChI=1S/C26H26FN3O5S/c27-20-8-6-19(7-9-20)25(31)29-24(16-18-4-2-1-3-5-18)26(32)28-21-10-12-23(13-11-21)36(33,34)30-22-14-15-35-17-22/h1-13,22,24,30H,14-17H2,(H,28,32)(H,29,31)/t22-,24-/m0/s1. The summed E-state index contributed by atoms with van der Waals surface area (Å²) in [6.45, 7) is 0.847. The Balaban J connectivity index is 1.46. The van der Waals surface area contributed by atoms with Gasteiger partial charge in [-0.15, -0.1) is 0 Å². The monoisotopic (exact) mass is 511 g/mol. The SMILES string of the molecule is O=C(N[C@@H](Cc1ccccc1)C(=O)Nc1ccc(S(=O)(=O)N[C@H]2CCOC2)cc1)c1ccc(F)cc1. The van der Waals surface area contributed by atoms with Crippen LogP contribution in [-0.2, 0) is 26.0 Å². The van der Waals surface area contributed by atoms with Crippen molar-refractivity contribution in [2.45, 2.75) is 29.8 Å². The highest BCUT2D eigenvalue weighted by atomic mass is 32.2. The minimum absolute atomic E-state index is 0.0675. The number of carbonyl (C=O) groups excluding carboxylic acids is 2. The molecule has 3 aromatic rings. The number of benzene rings is 3. The maximum atomic E-state index is 13.2. The Morgan fingerprint density at radius 1 is 0.972 bits per heavy atom. The van der Waals surface area contributed by atoms with E-state index in [1.807, 2.05) is 30.3 Å². The van der Waals surface area contributed by atoms with Gasteiger partial charge < -0.3 is 15.4 Å². The summed E-state index contributed by atoms with van der Waals surface area (Å²) < 4.78 is 46.2. The van der Waals surface area contributed by atoms with E-state index in [9.17, 15) is 22.4 Å². The molecule has 8 nitrogen and oxygen atoms in total. The highest BCUT2D eigenvalue weighted by Crippen LogP contribution is 2.17. The lowest BCUT2D eigenvalue weighted by Crippen LogP contribution is -2.45. The number of amides is 2. The lowest BCUT2D eigenvalue weighted by Gasteiger charge is -2.19. The summed E-state index contributed by atoms with van der Waals surface area (Å²) in [6.07, 6.45) is 0.833. The number of carbonyl (C=O) groups is 2. The second-order valence-corrected chi connectivity index (χ2v) is 10.1. The van der Waals surface area contributed by atoms with Gasteiger partial charge in [0.15, 0.2) is 0 Å². The van der Waals surface area contributed by atoms with Crippen molar-refractivity contribution < 1.29 is 27.1 Å². The molecule has 36 heavy (non-hydrogen) atoms. The Labute approximate surface area is 208 Å². The highest BCUT2D eigenvalue weighted by Gasteiger charge is 2.25. The van der Waals surface area contributed by atoms with Crippen LogP contribution in [0.5, 0.6) is 0 Å². The van der Waals surface area contributed by atoms with Crippen LogP contribution >= 0.6 is 0 Å². The molecule has 2 atom stereocenters. The van der Waals surface area contributed by atoms with Gasteiger partial charge >= 0.3 is 0 Å². The summed E-state index contributed by atoms with van der Waals surface area (Å²) >= 11 is 0. The third-order valence-corrected chi connectivity index (χ3v) is 7.23. The quantitative estimate of drug-likeness (QED) is 0.409. The van der Waals surface area contributed by atoms with Crippen LogP contribution in [0.3, 0.4) is 0 Å². The summed E-state index contributed by atoms with van der Waals surface area (Å²) in [5.41, 5.74) is 1.43. The van der Waals surface area contributed by atoms with Gasteiger partial charge in [-0.1, -0.05) is 30.3 Å². The zero-order chi connectivity index (χ0) is 25.5. The molecule has 0 aromatic heterocycles. The van der Waals surface area contributed by atoms with E-state index in [-0.39, 0.29) is 22.9 Å². The van der Waals surface area contributed by atoms with E-state index in [0.29, 0.717) is 25.3 Å².